The Bertz CT molecular complexity index is 532. The topological polar surface area (TPSA) is 42.0 Å². The first kappa shape index (κ1) is 15.0. The van der Waals surface area contributed by atoms with E-state index in [2.05, 4.69) is 26.2 Å². The van der Waals surface area contributed by atoms with E-state index in [4.69, 9.17) is 0 Å². The third-order valence-electron chi connectivity index (χ3n) is 5.19. The zero-order valence-corrected chi connectivity index (χ0v) is 14.2. The van der Waals surface area contributed by atoms with Crippen molar-refractivity contribution in [2.45, 2.75) is 51.9 Å². The number of rotatable bonds is 2. The quantitative estimate of drug-likeness (QED) is 0.785. The number of anilines is 1. The van der Waals surface area contributed by atoms with Gasteiger partial charge in [-0.15, -0.1) is 0 Å². The van der Waals surface area contributed by atoms with Gasteiger partial charge in [-0.25, -0.2) is 4.98 Å². The molecule has 114 valence electrons. The van der Waals surface area contributed by atoms with Gasteiger partial charge in [-0.05, 0) is 65.6 Å². The van der Waals surface area contributed by atoms with Crippen LogP contribution in [0.5, 0.6) is 0 Å². The molecule has 2 fully saturated rings. The highest BCUT2D eigenvalue weighted by Gasteiger charge is 2.34. The molecule has 0 spiro atoms. The van der Waals surface area contributed by atoms with Crippen LogP contribution in [-0.2, 0) is 4.79 Å². The molecule has 3 rings (SSSR count). The van der Waals surface area contributed by atoms with Crippen LogP contribution < -0.4 is 5.32 Å². The molecule has 2 saturated carbocycles. The first-order valence-electron chi connectivity index (χ1n) is 8.06. The summed E-state index contributed by atoms with van der Waals surface area (Å²) in [5.41, 5.74) is 1.86. The summed E-state index contributed by atoms with van der Waals surface area (Å²) in [5, 5.41) is 3.05. The van der Waals surface area contributed by atoms with Gasteiger partial charge in [0.25, 0.3) is 0 Å². The van der Waals surface area contributed by atoms with Crippen molar-refractivity contribution in [1.29, 1.82) is 0 Å². The van der Waals surface area contributed by atoms with Gasteiger partial charge >= 0.3 is 0 Å². The van der Waals surface area contributed by atoms with E-state index in [1.54, 1.807) is 6.20 Å². The number of pyridine rings is 1. The van der Waals surface area contributed by atoms with E-state index in [0.29, 0.717) is 0 Å². The molecule has 1 aromatic heterocycles. The molecule has 0 aliphatic heterocycles. The second kappa shape index (κ2) is 6.47. The monoisotopic (exact) mass is 350 g/mol. The van der Waals surface area contributed by atoms with Crippen LogP contribution in [-0.4, -0.2) is 10.9 Å². The molecule has 1 amide bonds. The molecule has 4 heteroatoms. The van der Waals surface area contributed by atoms with Gasteiger partial charge in [-0.3, -0.25) is 4.79 Å². The van der Waals surface area contributed by atoms with Gasteiger partial charge in [-0.1, -0.05) is 25.7 Å². The Morgan fingerprint density at radius 3 is 2.76 bits per heavy atom. The number of nitrogens with one attached hydrogen (secondary N) is 1. The summed E-state index contributed by atoms with van der Waals surface area (Å²) in [4.78, 5) is 16.7. The molecule has 2 aliphatic carbocycles. The number of aromatic nitrogens is 1. The van der Waals surface area contributed by atoms with Crippen molar-refractivity contribution in [3.8, 4) is 0 Å². The maximum atomic E-state index is 12.5. The molecule has 0 bridgehead atoms. The summed E-state index contributed by atoms with van der Waals surface area (Å²) < 4.78 is 0.836. The third-order valence-corrected chi connectivity index (χ3v) is 6.02. The number of hydrogen-bond acceptors (Lipinski definition) is 2. The number of amides is 1. The van der Waals surface area contributed by atoms with Gasteiger partial charge in [-0.2, -0.15) is 0 Å². The summed E-state index contributed by atoms with van der Waals surface area (Å²) in [5.74, 6) is 2.04. The van der Waals surface area contributed by atoms with Crippen LogP contribution in [0.3, 0.4) is 0 Å². The SMILES string of the molecule is Cc1cc(NC(=O)C2CCC3CCCCC3C2)cnc1Br. The fourth-order valence-electron chi connectivity index (χ4n) is 3.98. The van der Waals surface area contributed by atoms with Crippen molar-refractivity contribution in [2.24, 2.45) is 17.8 Å². The lowest BCUT2D eigenvalue weighted by Gasteiger charge is -2.38. The predicted molar refractivity (Wildman–Crippen MR) is 88.1 cm³/mol. The van der Waals surface area contributed by atoms with Crippen LogP contribution in [0.25, 0.3) is 0 Å². The van der Waals surface area contributed by atoms with Gasteiger partial charge in [0.1, 0.15) is 4.60 Å². The zero-order valence-electron chi connectivity index (χ0n) is 12.6. The van der Waals surface area contributed by atoms with E-state index in [9.17, 15) is 4.79 Å². The smallest absolute Gasteiger partial charge is 0.227 e. The maximum Gasteiger partial charge on any atom is 0.227 e. The van der Waals surface area contributed by atoms with Crippen LogP contribution in [0.4, 0.5) is 5.69 Å². The molecule has 3 unspecified atom stereocenters. The van der Waals surface area contributed by atoms with E-state index in [-0.39, 0.29) is 11.8 Å². The van der Waals surface area contributed by atoms with Crippen LogP contribution in [0.1, 0.15) is 50.5 Å². The van der Waals surface area contributed by atoms with Crippen molar-refractivity contribution >= 4 is 27.5 Å². The fraction of sp³-hybridized carbons (Fsp3) is 0.647. The molecule has 0 radical (unpaired) electrons. The second-order valence-electron chi connectivity index (χ2n) is 6.64. The Kier molecular flexibility index (Phi) is 4.63. The summed E-state index contributed by atoms with van der Waals surface area (Å²) in [6.45, 7) is 1.99. The number of fused-ring (bicyclic) bond motifs is 1. The summed E-state index contributed by atoms with van der Waals surface area (Å²) in [6, 6.07) is 1.97. The molecular weight excluding hydrogens is 328 g/mol. The van der Waals surface area contributed by atoms with E-state index >= 15 is 0 Å². The highest BCUT2D eigenvalue weighted by Crippen LogP contribution is 2.42. The minimum absolute atomic E-state index is 0.183. The standard InChI is InChI=1S/C17H23BrN2O/c1-11-8-15(10-19-16(11)18)20-17(21)14-7-6-12-4-2-3-5-13(12)9-14/h8,10,12-14H,2-7,9H2,1H3,(H,20,21). The highest BCUT2D eigenvalue weighted by molar-refractivity contribution is 9.10. The minimum atomic E-state index is 0.183. The molecule has 3 nitrogen and oxygen atoms in total. The zero-order chi connectivity index (χ0) is 14.8. The number of carbonyl (C=O) groups is 1. The number of halogens is 1. The number of carbonyl (C=O) groups excluding carboxylic acids is 1. The maximum absolute atomic E-state index is 12.5. The molecular formula is C17H23BrN2O. The predicted octanol–water partition coefficient (Wildman–Crippen LogP) is 4.70. The van der Waals surface area contributed by atoms with E-state index in [1.165, 1.54) is 32.1 Å². The number of aryl methyl sites for hydroxylation is 1. The van der Waals surface area contributed by atoms with E-state index in [1.807, 2.05) is 13.0 Å². The second-order valence-corrected chi connectivity index (χ2v) is 7.39. The highest BCUT2D eigenvalue weighted by atomic mass is 79.9. The fourth-order valence-corrected chi connectivity index (χ4v) is 4.20. The summed E-state index contributed by atoms with van der Waals surface area (Å²) in [6.07, 6.45) is 10.5. The lowest BCUT2D eigenvalue weighted by Crippen LogP contribution is -2.33. The van der Waals surface area contributed by atoms with Gasteiger partial charge in [0.15, 0.2) is 0 Å². The number of hydrogen-bond donors (Lipinski definition) is 1. The first-order valence-corrected chi connectivity index (χ1v) is 8.86. The van der Waals surface area contributed by atoms with Crippen LogP contribution in [0, 0.1) is 24.7 Å². The van der Waals surface area contributed by atoms with Gasteiger partial charge in [0.2, 0.25) is 5.91 Å². The molecule has 1 aromatic rings. The normalized spacial score (nSPS) is 28.8. The van der Waals surface area contributed by atoms with Gasteiger partial charge < -0.3 is 5.32 Å². The average molecular weight is 351 g/mol. The summed E-state index contributed by atoms with van der Waals surface area (Å²) >= 11 is 3.39. The largest absolute Gasteiger partial charge is 0.324 e. The average Bonchev–Trinajstić information content (AvgIpc) is 2.50. The van der Waals surface area contributed by atoms with Crippen molar-refractivity contribution < 1.29 is 4.79 Å². The Balaban J connectivity index is 1.61. The first-order chi connectivity index (χ1) is 10.1. The van der Waals surface area contributed by atoms with Crippen molar-refractivity contribution in [3.05, 3.63) is 22.4 Å². The minimum Gasteiger partial charge on any atom is -0.324 e. The Labute approximate surface area is 135 Å². The lowest BCUT2D eigenvalue weighted by molar-refractivity contribution is -0.122. The molecule has 1 N–H and O–H groups in total. The Hall–Kier alpha value is -0.900. The Morgan fingerprint density at radius 2 is 2.00 bits per heavy atom. The van der Waals surface area contributed by atoms with Gasteiger partial charge in [0.05, 0.1) is 11.9 Å². The van der Waals surface area contributed by atoms with Crippen LogP contribution >= 0.6 is 15.9 Å². The van der Waals surface area contributed by atoms with Crippen LogP contribution in [0.2, 0.25) is 0 Å². The van der Waals surface area contributed by atoms with Crippen molar-refractivity contribution in [1.82, 2.24) is 4.98 Å². The molecule has 1 heterocycles. The summed E-state index contributed by atoms with van der Waals surface area (Å²) in [7, 11) is 0. The lowest BCUT2D eigenvalue weighted by atomic mass is 9.67. The number of nitrogens with zero attached hydrogens (tertiary/aromatic N) is 1. The molecule has 3 atom stereocenters. The van der Waals surface area contributed by atoms with E-state index in [0.717, 1.165) is 40.5 Å². The molecule has 0 aromatic carbocycles. The Morgan fingerprint density at radius 1 is 1.24 bits per heavy atom. The third kappa shape index (κ3) is 3.47. The van der Waals surface area contributed by atoms with Crippen molar-refractivity contribution in [2.75, 3.05) is 5.32 Å². The molecule has 0 saturated heterocycles. The van der Waals surface area contributed by atoms with Crippen LogP contribution in [0.15, 0.2) is 16.9 Å². The van der Waals surface area contributed by atoms with Gasteiger partial charge in [0, 0.05) is 5.92 Å². The van der Waals surface area contributed by atoms with E-state index < -0.39 is 0 Å². The van der Waals surface area contributed by atoms with Crippen molar-refractivity contribution in [3.63, 3.8) is 0 Å². The molecule has 2 aliphatic rings. The molecule has 21 heavy (non-hydrogen) atoms.